The summed E-state index contributed by atoms with van der Waals surface area (Å²) in [5.74, 6) is -0.170. The molecule has 1 fully saturated rings. The summed E-state index contributed by atoms with van der Waals surface area (Å²) in [6, 6.07) is 4.33. The highest BCUT2D eigenvalue weighted by atomic mass is 35.5. The highest BCUT2D eigenvalue weighted by Gasteiger charge is 2.31. The Morgan fingerprint density at radius 2 is 1.89 bits per heavy atom. The van der Waals surface area contributed by atoms with Gasteiger partial charge < -0.3 is 4.90 Å². The van der Waals surface area contributed by atoms with E-state index in [0.717, 1.165) is 5.56 Å². The van der Waals surface area contributed by atoms with Crippen molar-refractivity contribution in [2.45, 2.75) is 4.90 Å². The number of carbonyl (C=O) groups is 1. The minimum absolute atomic E-state index is 0.0204. The number of carbonyl (C=O) groups excluding carboxylic acids is 1. The van der Waals surface area contributed by atoms with E-state index in [0.29, 0.717) is 18.1 Å². The van der Waals surface area contributed by atoms with Crippen molar-refractivity contribution in [3.05, 3.63) is 52.3 Å². The van der Waals surface area contributed by atoms with Crippen LogP contribution in [0.3, 0.4) is 0 Å². The van der Waals surface area contributed by atoms with Crippen molar-refractivity contribution in [1.82, 2.24) is 19.0 Å². The predicted octanol–water partition coefficient (Wildman–Crippen LogP) is 2.27. The van der Waals surface area contributed by atoms with Gasteiger partial charge in [0, 0.05) is 56.1 Å². The summed E-state index contributed by atoms with van der Waals surface area (Å²) in [7, 11) is -1.97. The zero-order valence-electron chi connectivity index (χ0n) is 14.5. The first-order chi connectivity index (χ1) is 12.8. The maximum atomic E-state index is 12.8. The number of hydrogen-bond donors (Lipinski definition) is 0. The first-order valence-electron chi connectivity index (χ1n) is 8.18. The van der Waals surface area contributed by atoms with Crippen LogP contribution in [-0.2, 0) is 21.9 Å². The third-order valence-electron chi connectivity index (χ3n) is 4.20. The molecule has 1 aliphatic heterocycles. The van der Waals surface area contributed by atoms with Crippen molar-refractivity contribution in [3.63, 3.8) is 0 Å². The van der Waals surface area contributed by atoms with Crippen LogP contribution in [0.25, 0.3) is 6.08 Å². The number of hydrogen-bond acceptors (Lipinski definition) is 4. The largest absolute Gasteiger partial charge is 0.337 e. The van der Waals surface area contributed by atoms with Crippen molar-refractivity contribution in [2.24, 2.45) is 7.05 Å². The van der Waals surface area contributed by atoms with Gasteiger partial charge >= 0.3 is 0 Å². The smallest absolute Gasteiger partial charge is 0.246 e. The minimum atomic E-state index is -3.77. The Morgan fingerprint density at radius 3 is 2.52 bits per heavy atom. The van der Waals surface area contributed by atoms with E-state index in [-0.39, 0.29) is 28.9 Å². The first-order valence-corrected chi connectivity index (χ1v) is 10.4. The monoisotopic (exact) mass is 428 g/mol. The number of piperazine rings is 1. The fourth-order valence-corrected chi connectivity index (χ4v) is 4.92. The second kappa shape index (κ2) is 8.02. The number of amides is 1. The second-order valence-corrected chi connectivity index (χ2v) is 8.83. The minimum Gasteiger partial charge on any atom is -0.337 e. The molecule has 7 nitrogen and oxygen atoms in total. The van der Waals surface area contributed by atoms with Crippen LogP contribution in [0.4, 0.5) is 0 Å². The molecule has 1 aromatic carbocycles. The summed E-state index contributed by atoms with van der Waals surface area (Å²) in [4.78, 5) is 13.9. The summed E-state index contributed by atoms with van der Waals surface area (Å²) < 4.78 is 28.6. The quantitative estimate of drug-likeness (QED) is 0.699. The Bertz CT molecular complexity index is 980. The van der Waals surface area contributed by atoms with Crippen LogP contribution in [0.15, 0.2) is 41.6 Å². The second-order valence-electron chi connectivity index (χ2n) is 6.08. The number of rotatable bonds is 4. The van der Waals surface area contributed by atoms with Gasteiger partial charge in [-0.3, -0.25) is 9.48 Å². The summed E-state index contributed by atoms with van der Waals surface area (Å²) >= 11 is 11.9. The average molecular weight is 429 g/mol. The van der Waals surface area contributed by atoms with Crippen LogP contribution in [-0.4, -0.2) is 59.5 Å². The van der Waals surface area contributed by atoms with Gasteiger partial charge in [-0.1, -0.05) is 23.2 Å². The van der Waals surface area contributed by atoms with Crippen LogP contribution < -0.4 is 0 Å². The van der Waals surface area contributed by atoms with E-state index in [9.17, 15) is 13.2 Å². The lowest BCUT2D eigenvalue weighted by molar-refractivity contribution is -0.127. The van der Waals surface area contributed by atoms with Crippen LogP contribution in [0.5, 0.6) is 0 Å². The number of benzene rings is 1. The molecule has 2 aromatic rings. The molecule has 0 N–H and O–H groups in total. The molecule has 1 saturated heterocycles. The van der Waals surface area contributed by atoms with Crippen molar-refractivity contribution < 1.29 is 13.2 Å². The molecule has 0 spiro atoms. The van der Waals surface area contributed by atoms with E-state index in [1.165, 1.54) is 28.6 Å². The standard InChI is InChI=1S/C17H18Cl2N4O3S/c1-21-12-13(11-20-21)2-5-17(24)22-6-8-23(9-7-22)27(25,26)16-10-14(18)3-4-15(16)19/h2-5,10-12H,6-9H2,1H3. The van der Waals surface area contributed by atoms with E-state index in [2.05, 4.69) is 5.10 Å². The molecule has 0 saturated carbocycles. The van der Waals surface area contributed by atoms with Crippen molar-refractivity contribution in [2.75, 3.05) is 26.2 Å². The number of halogens is 2. The number of aromatic nitrogens is 2. The van der Waals surface area contributed by atoms with Gasteiger partial charge in [-0.15, -0.1) is 0 Å². The van der Waals surface area contributed by atoms with Crippen LogP contribution in [0, 0.1) is 0 Å². The van der Waals surface area contributed by atoms with Crippen LogP contribution in [0.1, 0.15) is 5.56 Å². The number of aryl methyl sites for hydroxylation is 1. The van der Waals surface area contributed by atoms with Gasteiger partial charge in [-0.25, -0.2) is 8.42 Å². The van der Waals surface area contributed by atoms with E-state index >= 15 is 0 Å². The van der Waals surface area contributed by atoms with E-state index < -0.39 is 10.0 Å². The first kappa shape index (κ1) is 19.9. The third kappa shape index (κ3) is 4.52. The molecule has 1 aliphatic rings. The molecule has 0 atom stereocenters. The third-order valence-corrected chi connectivity index (χ3v) is 6.82. The maximum absolute atomic E-state index is 12.8. The average Bonchev–Trinajstić information content (AvgIpc) is 3.07. The van der Waals surface area contributed by atoms with Gasteiger partial charge in [0.05, 0.1) is 11.2 Å². The SMILES string of the molecule is Cn1cc(C=CC(=O)N2CCN(S(=O)(=O)c3cc(Cl)ccc3Cl)CC2)cn1. The van der Waals surface area contributed by atoms with Gasteiger partial charge in [-0.05, 0) is 24.3 Å². The summed E-state index contributed by atoms with van der Waals surface area (Å²) in [6.07, 6.45) is 6.60. The lowest BCUT2D eigenvalue weighted by atomic mass is 10.3. The molecule has 2 heterocycles. The van der Waals surface area contributed by atoms with Gasteiger partial charge in [-0.2, -0.15) is 9.40 Å². The van der Waals surface area contributed by atoms with Crippen LogP contribution >= 0.6 is 23.2 Å². The zero-order valence-corrected chi connectivity index (χ0v) is 16.9. The Kier molecular flexibility index (Phi) is 5.90. The van der Waals surface area contributed by atoms with E-state index in [4.69, 9.17) is 23.2 Å². The fourth-order valence-electron chi connectivity index (χ4n) is 2.76. The topological polar surface area (TPSA) is 75.5 Å². The highest BCUT2D eigenvalue weighted by Crippen LogP contribution is 2.28. The Morgan fingerprint density at radius 1 is 1.19 bits per heavy atom. The fraction of sp³-hybridized carbons (Fsp3) is 0.294. The molecule has 10 heteroatoms. The molecule has 0 unspecified atom stereocenters. The van der Waals surface area contributed by atoms with Crippen molar-refractivity contribution in [3.8, 4) is 0 Å². The normalized spacial score (nSPS) is 16.2. The van der Waals surface area contributed by atoms with E-state index in [1.807, 2.05) is 0 Å². The summed E-state index contributed by atoms with van der Waals surface area (Å²) in [5, 5.41) is 4.45. The Balaban J connectivity index is 1.65. The highest BCUT2D eigenvalue weighted by molar-refractivity contribution is 7.89. The number of nitrogens with zero attached hydrogens (tertiary/aromatic N) is 4. The zero-order chi connectivity index (χ0) is 19.6. The summed E-state index contributed by atoms with van der Waals surface area (Å²) in [5.41, 5.74) is 0.822. The molecular formula is C17H18Cl2N4O3S. The molecule has 27 heavy (non-hydrogen) atoms. The molecule has 0 radical (unpaired) electrons. The lowest BCUT2D eigenvalue weighted by Crippen LogP contribution is -2.50. The van der Waals surface area contributed by atoms with Crippen LogP contribution in [0.2, 0.25) is 10.0 Å². The van der Waals surface area contributed by atoms with Gasteiger partial charge in [0.2, 0.25) is 15.9 Å². The van der Waals surface area contributed by atoms with Crippen molar-refractivity contribution >= 4 is 45.2 Å². The number of sulfonamides is 1. The van der Waals surface area contributed by atoms with Crippen molar-refractivity contribution in [1.29, 1.82) is 0 Å². The maximum Gasteiger partial charge on any atom is 0.246 e. The molecule has 1 aromatic heterocycles. The predicted molar refractivity (Wildman–Crippen MR) is 104 cm³/mol. The molecule has 0 aliphatic carbocycles. The lowest BCUT2D eigenvalue weighted by Gasteiger charge is -2.33. The molecular weight excluding hydrogens is 411 g/mol. The van der Waals surface area contributed by atoms with Gasteiger partial charge in [0.1, 0.15) is 4.90 Å². The molecule has 1 amide bonds. The Labute approximate surface area is 167 Å². The van der Waals surface area contributed by atoms with Gasteiger partial charge in [0.25, 0.3) is 0 Å². The van der Waals surface area contributed by atoms with Gasteiger partial charge in [0.15, 0.2) is 0 Å². The molecule has 3 rings (SSSR count). The molecule has 0 bridgehead atoms. The molecule has 144 valence electrons. The Hall–Kier alpha value is -1.87. The van der Waals surface area contributed by atoms with E-state index in [1.54, 1.807) is 35.1 Å². The summed E-state index contributed by atoms with van der Waals surface area (Å²) in [6.45, 7) is 0.983.